The average molecular weight is 271 g/mol. The summed E-state index contributed by atoms with van der Waals surface area (Å²) < 4.78 is 0. The van der Waals surface area contributed by atoms with Crippen molar-refractivity contribution >= 4 is 17.8 Å². The van der Waals surface area contributed by atoms with E-state index >= 15 is 0 Å². The highest BCUT2D eigenvalue weighted by atomic mass is 16.4. The zero-order valence-electron chi connectivity index (χ0n) is 10.5. The van der Waals surface area contributed by atoms with Crippen LogP contribution in [0.4, 0.5) is 10.6 Å². The first-order valence-corrected chi connectivity index (χ1v) is 5.94. The summed E-state index contributed by atoms with van der Waals surface area (Å²) in [6, 6.07) is 13.4. The van der Waals surface area contributed by atoms with E-state index in [2.05, 4.69) is 15.6 Å². The highest BCUT2D eigenvalue weighted by molar-refractivity contribution is 5.90. The number of nitrogens with zero attached hydrogens (tertiary/aromatic N) is 1. The minimum atomic E-state index is -1.14. The molecule has 2 aromatic rings. The second-order valence-corrected chi connectivity index (χ2v) is 4.01. The topological polar surface area (TPSA) is 91.3 Å². The standard InChI is InChI=1S/C14H13N3O3/c18-13(19)11-7-4-8-12(16-11)17-14(20)15-9-10-5-2-1-3-6-10/h1-8H,9H2,(H,18,19)(H2,15,16,17,20). The molecule has 20 heavy (non-hydrogen) atoms. The molecule has 0 unspecified atom stereocenters. The molecule has 6 nitrogen and oxygen atoms in total. The number of hydrogen-bond acceptors (Lipinski definition) is 3. The van der Waals surface area contributed by atoms with Crippen molar-refractivity contribution in [2.24, 2.45) is 0 Å². The maximum Gasteiger partial charge on any atom is 0.354 e. The smallest absolute Gasteiger partial charge is 0.354 e. The highest BCUT2D eigenvalue weighted by Crippen LogP contribution is 2.05. The van der Waals surface area contributed by atoms with E-state index in [0.717, 1.165) is 5.56 Å². The molecule has 2 amide bonds. The van der Waals surface area contributed by atoms with Crippen LogP contribution in [0.15, 0.2) is 48.5 Å². The fourth-order valence-electron chi connectivity index (χ4n) is 1.56. The van der Waals surface area contributed by atoms with Crippen LogP contribution in [-0.2, 0) is 6.54 Å². The summed E-state index contributed by atoms with van der Waals surface area (Å²) >= 11 is 0. The first-order chi connectivity index (χ1) is 9.65. The molecule has 0 spiro atoms. The average Bonchev–Trinajstić information content (AvgIpc) is 2.46. The number of pyridine rings is 1. The van der Waals surface area contributed by atoms with Crippen molar-refractivity contribution in [3.05, 3.63) is 59.8 Å². The van der Waals surface area contributed by atoms with Crippen LogP contribution in [0.1, 0.15) is 16.1 Å². The maximum atomic E-state index is 11.7. The van der Waals surface area contributed by atoms with Gasteiger partial charge in [0.25, 0.3) is 0 Å². The molecule has 1 aromatic heterocycles. The van der Waals surface area contributed by atoms with Gasteiger partial charge in [0.2, 0.25) is 0 Å². The molecule has 0 atom stereocenters. The Morgan fingerprint density at radius 3 is 2.50 bits per heavy atom. The maximum absolute atomic E-state index is 11.7. The zero-order valence-corrected chi connectivity index (χ0v) is 10.5. The van der Waals surface area contributed by atoms with Crippen LogP contribution in [0.25, 0.3) is 0 Å². The Bertz CT molecular complexity index is 614. The zero-order chi connectivity index (χ0) is 14.4. The number of benzene rings is 1. The number of carbonyl (C=O) groups is 2. The summed E-state index contributed by atoms with van der Waals surface area (Å²) in [5.74, 6) is -0.950. The van der Waals surface area contributed by atoms with E-state index in [-0.39, 0.29) is 11.5 Å². The van der Waals surface area contributed by atoms with Crippen molar-refractivity contribution in [1.29, 1.82) is 0 Å². The Hall–Kier alpha value is -2.89. The molecule has 0 bridgehead atoms. The van der Waals surface area contributed by atoms with Crippen LogP contribution >= 0.6 is 0 Å². The van der Waals surface area contributed by atoms with E-state index in [9.17, 15) is 9.59 Å². The van der Waals surface area contributed by atoms with Gasteiger partial charge < -0.3 is 10.4 Å². The lowest BCUT2D eigenvalue weighted by atomic mass is 10.2. The van der Waals surface area contributed by atoms with Crippen molar-refractivity contribution in [3.63, 3.8) is 0 Å². The number of nitrogens with one attached hydrogen (secondary N) is 2. The molecule has 0 aliphatic rings. The molecule has 2 rings (SSSR count). The van der Waals surface area contributed by atoms with Gasteiger partial charge in [-0.05, 0) is 17.7 Å². The van der Waals surface area contributed by atoms with Crippen LogP contribution in [-0.4, -0.2) is 22.1 Å². The number of carboxylic acids is 1. The monoisotopic (exact) mass is 271 g/mol. The number of anilines is 1. The van der Waals surface area contributed by atoms with E-state index < -0.39 is 12.0 Å². The summed E-state index contributed by atoms with van der Waals surface area (Å²) in [5.41, 5.74) is 0.848. The fourth-order valence-corrected chi connectivity index (χ4v) is 1.56. The second kappa shape index (κ2) is 6.33. The third-order valence-electron chi connectivity index (χ3n) is 2.51. The number of aromatic nitrogens is 1. The van der Waals surface area contributed by atoms with Crippen molar-refractivity contribution < 1.29 is 14.7 Å². The van der Waals surface area contributed by atoms with E-state index in [1.165, 1.54) is 18.2 Å². The van der Waals surface area contributed by atoms with Crippen LogP contribution in [0, 0.1) is 0 Å². The van der Waals surface area contributed by atoms with Crippen LogP contribution < -0.4 is 10.6 Å². The van der Waals surface area contributed by atoms with E-state index in [1.807, 2.05) is 30.3 Å². The predicted molar refractivity (Wildman–Crippen MR) is 73.5 cm³/mol. The Morgan fingerprint density at radius 2 is 1.80 bits per heavy atom. The number of urea groups is 1. The van der Waals surface area contributed by atoms with Crippen LogP contribution in [0.5, 0.6) is 0 Å². The lowest BCUT2D eigenvalue weighted by molar-refractivity contribution is 0.0690. The van der Waals surface area contributed by atoms with Gasteiger partial charge in [-0.1, -0.05) is 36.4 Å². The van der Waals surface area contributed by atoms with Crippen LogP contribution in [0.2, 0.25) is 0 Å². The molecule has 1 heterocycles. The van der Waals surface area contributed by atoms with Crippen molar-refractivity contribution in [3.8, 4) is 0 Å². The van der Waals surface area contributed by atoms with Crippen molar-refractivity contribution in [1.82, 2.24) is 10.3 Å². The van der Waals surface area contributed by atoms with Gasteiger partial charge in [-0.3, -0.25) is 5.32 Å². The summed E-state index contributed by atoms with van der Waals surface area (Å²) in [6.07, 6.45) is 0. The molecule has 0 radical (unpaired) electrons. The molecule has 3 N–H and O–H groups in total. The molecule has 102 valence electrons. The minimum Gasteiger partial charge on any atom is -0.477 e. The van der Waals surface area contributed by atoms with E-state index in [1.54, 1.807) is 0 Å². The molecule has 0 saturated carbocycles. The molecule has 0 aliphatic carbocycles. The molecule has 1 aromatic carbocycles. The number of carboxylic acid groups (broad SMARTS) is 1. The van der Waals surface area contributed by atoms with Gasteiger partial charge in [-0.25, -0.2) is 14.6 Å². The van der Waals surface area contributed by atoms with Gasteiger partial charge in [0, 0.05) is 6.54 Å². The van der Waals surface area contributed by atoms with Crippen LogP contribution in [0.3, 0.4) is 0 Å². The fraction of sp³-hybridized carbons (Fsp3) is 0.0714. The van der Waals surface area contributed by atoms with Crippen molar-refractivity contribution in [2.75, 3.05) is 5.32 Å². The van der Waals surface area contributed by atoms with Gasteiger partial charge in [-0.15, -0.1) is 0 Å². The van der Waals surface area contributed by atoms with Gasteiger partial charge in [0.05, 0.1) is 0 Å². The number of aromatic carboxylic acids is 1. The van der Waals surface area contributed by atoms with E-state index in [0.29, 0.717) is 6.54 Å². The Labute approximate surface area is 115 Å². The normalized spacial score (nSPS) is 9.80. The summed E-state index contributed by atoms with van der Waals surface area (Å²) in [5, 5.41) is 13.9. The lowest BCUT2D eigenvalue weighted by Crippen LogP contribution is -2.28. The molecular weight excluding hydrogens is 258 g/mol. The Balaban J connectivity index is 1.91. The SMILES string of the molecule is O=C(NCc1ccccc1)Nc1cccc(C(=O)O)n1. The van der Waals surface area contributed by atoms with Gasteiger partial charge in [0.15, 0.2) is 5.69 Å². The molecule has 6 heteroatoms. The summed E-state index contributed by atoms with van der Waals surface area (Å²) in [6.45, 7) is 0.380. The molecule has 0 aliphatic heterocycles. The third kappa shape index (κ3) is 3.81. The van der Waals surface area contributed by atoms with Gasteiger partial charge in [0.1, 0.15) is 5.82 Å². The number of hydrogen-bond donors (Lipinski definition) is 3. The van der Waals surface area contributed by atoms with Gasteiger partial charge >= 0.3 is 12.0 Å². The minimum absolute atomic E-state index is 0.120. The van der Waals surface area contributed by atoms with E-state index in [4.69, 9.17) is 5.11 Å². The first kappa shape index (κ1) is 13.5. The number of rotatable bonds is 4. The Kier molecular flexibility index (Phi) is 4.28. The highest BCUT2D eigenvalue weighted by Gasteiger charge is 2.07. The lowest BCUT2D eigenvalue weighted by Gasteiger charge is -2.07. The summed E-state index contributed by atoms with van der Waals surface area (Å²) in [7, 11) is 0. The molecule has 0 fully saturated rings. The largest absolute Gasteiger partial charge is 0.477 e. The molecule has 0 saturated heterocycles. The second-order valence-electron chi connectivity index (χ2n) is 4.01. The van der Waals surface area contributed by atoms with Gasteiger partial charge in [-0.2, -0.15) is 0 Å². The first-order valence-electron chi connectivity index (χ1n) is 5.94. The Morgan fingerprint density at radius 1 is 1.05 bits per heavy atom. The summed E-state index contributed by atoms with van der Waals surface area (Å²) in [4.78, 5) is 26.2. The predicted octanol–water partition coefficient (Wildman–Crippen LogP) is 2.10. The third-order valence-corrected chi connectivity index (χ3v) is 2.51. The van der Waals surface area contributed by atoms with Crippen molar-refractivity contribution in [2.45, 2.75) is 6.54 Å². The number of amides is 2. The quantitative estimate of drug-likeness (QED) is 0.794. The number of carbonyl (C=O) groups excluding carboxylic acids is 1. The molecular formula is C14H13N3O3.